The Bertz CT molecular complexity index is 360. The summed E-state index contributed by atoms with van der Waals surface area (Å²) in [6.07, 6.45) is 3.23. The van der Waals surface area contributed by atoms with Gasteiger partial charge in [-0.1, -0.05) is 55.7 Å². The topological polar surface area (TPSA) is 17.1 Å². The summed E-state index contributed by atoms with van der Waals surface area (Å²) in [5.74, 6) is 0.242. The molecule has 0 amide bonds. The predicted molar refractivity (Wildman–Crippen MR) is 72.3 cm³/mol. The molecular formula is C14H20OSi. The number of benzene rings is 1. The predicted octanol–water partition coefficient (Wildman–Crippen LogP) is 3.62. The summed E-state index contributed by atoms with van der Waals surface area (Å²) in [7, 11) is -1.23. The molecule has 0 aliphatic rings. The number of carbonyl (C=O) groups excluding carboxylic acids is 1. The Kier molecular flexibility index (Phi) is 4.68. The van der Waals surface area contributed by atoms with E-state index in [9.17, 15) is 4.79 Å². The van der Waals surface area contributed by atoms with E-state index in [1.807, 2.05) is 18.2 Å². The van der Waals surface area contributed by atoms with Gasteiger partial charge in [0.1, 0.15) is 0 Å². The van der Waals surface area contributed by atoms with E-state index in [2.05, 4.69) is 37.5 Å². The molecule has 0 unspecified atom stereocenters. The quantitative estimate of drug-likeness (QED) is 0.560. The maximum Gasteiger partial charge on any atom is 0.155 e. The molecular weight excluding hydrogens is 212 g/mol. The number of rotatable bonds is 5. The molecule has 1 rings (SSSR count). The van der Waals surface area contributed by atoms with Crippen LogP contribution in [0.5, 0.6) is 0 Å². The fourth-order valence-corrected chi connectivity index (χ4v) is 2.02. The van der Waals surface area contributed by atoms with E-state index in [-0.39, 0.29) is 5.78 Å². The Hall–Kier alpha value is -1.15. The monoisotopic (exact) mass is 232 g/mol. The van der Waals surface area contributed by atoms with Gasteiger partial charge in [-0.05, 0) is 18.1 Å². The zero-order valence-electron chi connectivity index (χ0n) is 10.4. The van der Waals surface area contributed by atoms with Crippen LogP contribution < -0.4 is 0 Å². The third kappa shape index (κ3) is 5.66. The number of hydrogen-bond donors (Lipinski definition) is 0. The summed E-state index contributed by atoms with van der Waals surface area (Å²) in [5, 5.41) is 0. The lowest BCUT2D eigenvalue weighted by molar-refractivity contribution is -0.114. The average molecular weight is 232 g/mol. The van der Waals surface area contributed by atoms with E-state index < -0.39 is 8.07 Å². The van der Waals surface area contributed by atoms with Gasteiger partial charge < -0.3 is 0 Å². The summed E-state index contributed by atoms with van der Waals surface area (Å²) in [6.45, 7) is 6.69. The van der Waals surface area contributed by atoms with Gasteiger partial charge in [0, 0.05) is 6.42 Å². The van der Waals surface area contributed by atoms with E-state index in [0.717, 1.165) is 6.42 Å². The summed E-state index contributed by atoms with van der Waals surface area (Å²) in [4.78, 5) is 11.6. The summed E-state index contributed by atoms with van der Waals surface area (Å²) >= 11 is 0. The zero-order valence-corrected chi connectivity index (χ0v) is 11.4. The van der Waals surface area contributed by atoms with Crippen molar-refractivity contribution in [3.8, 4) is 0 Å². The lowest BCUT2D eigenvalue weighted by atomic mass is 10.1. The van der Waals surface area contributed by atoms with Crippen LogP contribution in [0.1, 0.15) is 12.0 Å². The minimum atomic E-state index is -1.23. The van der Waals surface area contributed by atoms with E-state index in [4.69, 9.17) is 0 Å². The third-order valence-corrected chi connectivity index (χ3v) is 3.44. The maximum atomic E-state index is 11.6. The van der Waals surface area contributed by atoms with Gasteiger partial charge in [0.25, 0.3) is 0 Å². The van der Waals surface area contributed by atoms with Crippen molar-refractivity contribution in [2.75, 3.05) is 0 Å². The first-order valence-electron chi connectivity index (χ1n) is 5.73. The fourth-order valence-electron chi connectivity index (χ4n) is 1.34. The Morgan fingerprint density at radius 3 is 2.38 bits per heavy atom. The molecule has 1 nitrogen and oxygen atoms in total. The molecule has 0 bridgehead atoms. The standard InChI is InChI=1S/C14H20OSi/c1-16(2,3)12-11-14(15)10-9-13-7-5-4-6-8-13/h4-8,11-12H,9-10H2,1-3H3/b12-11+. The van der Waals surface area contributed by atoms with Gasteiger partial charge in [-0.3, -0.25) is 4.79 Å². The van der Waals surface area contributed by atoms with Gasteiger partial charge in [-0.2, -0.15) is 0 Å². The van der Waals surface area contributed by atoms with Crippen molar-refractivity contribution >= 4 is 13.9 Å². The number of allylic oxidation sites excluding steroid dienone is 1. The first kappa shape index (κ1) is 12.9. The van der Waals surface area contributed by atoms with Crippen LogP contribution in [0.15, 0.2) is 42.1 Å². The number of carbonyl (C=O) groups is 1. The minimum absolute atomic E-state index is 0.242. The molecule has 0 aliphatic heterocycles. The van der Waals surface area contributed by atoms with Crippen LogP contribution in [0, 0.1) is 0 Å². The van der Waals surface area contributed by atoms with Gasteiger partial charge in [-0.15, -0.1) is 0 Å². The highest BCUT2D eigenvalue weighted by molar-refractivity contribution is 6.81. The molecule has 0 atom stereocenters. The Balaban J connectivity index is 2.40. The fraction of sp³-hybridized carbons (Fsp3) is 0.357. The van der Waals surface area contributed by atoms with Crippen LogP contribution in [-0.2, 0) is 11.2 Å². The lowest BCUT2D eigenvalue weighted by Gasteiger charge is -2.07. The van der Waals surface area contributed by atoms with Crippen LogP contribution in [0.2, 0.25) is 19.6 Å². The molecule has 0 spiro atoms. The van der Waals surface area contributed by atoms with Crippen LogP contribution in [0.25, 0.3) is 0 Å². The largest absolute Gasteiger partial charge is 0.295 e. The van der Waals surface area contributed by atoms with Crippen LogP contribution in [-0.4, -0.2) is 13.9 Å². The smallest absolute Gasteiger partial charge is 0.155 e. The molecule has 0 N–H and O–H groups in total. The third-order valence-electron chi connectivity index (χ3n) is 2.27. The van der Waals surface area contributed by atoms with Gasteiger partial charge >= 0.3 is 0 Å². The molecule has 1 aromatic carbocycles. The van der Waals surface area contributed by atoms with Crippen molar-refractivity contribution < 1.29 is 4.79 Å². The number of hydrogen-bond acceptors (Lipinski definition) is 1. The lowest BCUT2D eigenvalue weighted by Crippen LogP contribution is -2.16. The van der Waals surface area contributed by atoms with Gasteiger partial charge in [0.15, 0.2) is 5.78 Å². The number of aryl methyl sites for hydroxylation is 1. The highest BCUT2D eigenvalue weighted by atomic mass is 28.3. The van der Waals surface area contributed by atoms with Crippen molar-refractivity contribution in [2.24, 2.45) is 0 Å². The summed E-state index contributed by atoms with van der Waals surface area (Å²) in [6, 6.07) is 10.1. The molecule has 0 aliphatic carbocycles. The molecule has 2 heteroatoms. The Labute approximate surface area is 99.2 Å². The number of ketones is 1. The second-order valence-corrected chi connectivity index (χ2v) is 10.2. The van der Waals surface area contributed by atoms with Crippen molar-refractivity contribution in [3.05, 3.63) is 47.7 Å². The van der Waals surface area contributed by atoms with Crippen molar-refractivity contribution in [1.82, 2.24) is 0 Å². The molecule has 1 aromatic rings. The van der Waals surface area contributed by atoms with Crippen molar-refractivity contribution in [3.63, 3.8) is 0 Å². The maximum absolute atomic E-state index is 11.6. The minimum Gasteiger partial charge on any atom is -0.295 e. The van der Waals surface area contributed by atoms with Gasteiger partial charge in [-0.25, -0.2) is 0 Å². The van der Waals surface area contributed by atoms with Crippen LogP contribution >= 0.6 is 0 Å². The first-order chi connectivity index (χ1) is 7.47. The molecule has 0 fully saturated rings. The average Bonchev–Trinajstić information content (AvgIpc) is 2.24. The molecule has 16 heavy (non-hydrogen) atoms. The van der Waals surface area contributed by atoms with E-state index in [1.165, 1.54) is 5.56 Å². The highest BCUT2D eigenvalue weighted by Gasteiger charge is 2.08. The zero-order chi connectivity index (χ0) is 12.0. The van der Waals surface area contributed by atoms with Crippen molar-refractivity contribution in [1.29, 1.82) is 0 Å². The first-order valence-corrected chi connectivity index (χ1v) is 9.31. The molecule has 0 heterocycles. The second-order valence-electron chi connectivity index (χ2n) is 5.15. The van der Waals surface area contributed by atoms with E-state index in [1.54, 1.807) is 6.08 Å². The summed E-state index contributed by atoms with van der Waals surface area (Å²) < 4.78 is 0. The van der Waals surface area contributed by atoms with E-state index >= 15 is 0 Å². The SMILES string of the molecule is C[Si](C)(C)/C=C/C(=O)CCc1ccccc1. The molecule has 0 saturated heterocycles. The van der Waals surface area contributed by atoms with Crippen molar-refractivity contribution in [2.45, 2.75) is 32.5 Å². The van der Waals surface area contributed by atoms with Gasteiger partial charge in [0.05, 0.1) is 8.07 Å². The highest BCUT2D eigenvalue weighted by Crippen LogP contribution is 2.05. The molecule has 86 valence electrons. The molecule has 0 saturated carbocycles. The molecule has 0 radical (unpaired) electrons. The summed E-state index contributed by atoms with van der Waals surface area (Å²) in [5.41, 5.74) is 3.35. The Morgan fingerprint density at radius 2 is 1.81 bits per heavy atom. The van der Waals surface area contributed by atoms with Crippen LogP contribution in [0.4, 0.5) is 0 Å². The van der Waals surface area contributed by atoms with Gasteiger partial charge in [0.2, 0.25) is 0 Å². The molecule has 0 aromatic heterocycles. The van der Waals surface area contributed by atoms with E-state index in [0.29, 0.717) is 6.42 Å². The van der Waals surface area contributed by atoms with Crippen LogP contribution in [0.3, 0.4) is 0 Å². The normalized spacial score (nSPS) is 11.9. The Morgan fingerprint density at radius 1 is 1.19 bits per heavy atom. The second kappa shape index (κ2) is 5.80.